The lowest BCUT2D eigenvalue weighted by Crippen LogP contribution is -2.41. The predicted octanol–water partition coefficient (Wildman–Crippen LogP) is 1.16. The number of amides is 1. The number of aryl methyl sites for hydroxylation is 2. The Kier molecular flexibility index (Phi) is 4.65. The smallest absolute Gasteiger partial charge is 0.326 e. The van der Waals surface area contributed by atoms with Gasteiger partial charge in [-0.1, -0.05) is 13.8 Å². The van der Waals surface area contributed by atoms with Crippen LogP contribution in [-0.4, -0.2) is 44.3 Å². The van der Waals surface area contributed by atoms with E-state index in [4.69, 9.17) is 0 Å². The van der Waals surface area contributed by atoms with Gasteiger partial charge in [0, 0.05) is 24.8 Å². The summed E-state index contributed by atoms with van der Waals surface area (Å²) in [6.45, 7) is 4.60. The second-order valence-corrected chi connectivity index (χ2v) is 5.46. The molecule has 21 heavy (non-hydrogen) atoms. The third-order valence-electron chi connectivity index (χ3n) is 4.21. The minimum Gasteiger partial charge on any atom is -0.480 e. The normalized spacial score (nSPS) is 18.2. The Morgan fingerprint density at radius 1 is 1.33 bits per heavy atom. The molecule has 2 heterocycles. The van der Waals surface area contributed by atoms with Crippen LogP contribution in [0.1, 0.15) is 43.6 Å². The van der Waals surface area contributed by atoms with Crippen LogP contribution in [-0.2, 0) is 35.9 Å². The zero-order chi connectivity index (χ0) is 15.6. The van der Waals surface area contributed by atoms with Crippen molar-refractivity contribution in [3.05, 3.63) is 17.0 Å². The molecule has 0 aliphatic carbocycles. The van der Waals surface area contributed by atoms with Crippen molar-refractivity contribution < 1.29 is 14.7 Å². The highest BCUT2D eigenvalue weighted by Crippen LogP contribution is 2.22. The van der Waals surface area contributed by atoms with Crippen LogP contribution in [0.15, 0.2) is 0 Å². The summed E-state index contributed by atoms with van der Waals surface area (Å²) in [5, 5.41) is 13.7. The Labute approximate surface area is 124 Å². The van der Waals surface area contributed by atoms with Gasteiger partial charge in [0.25, 0.3) is 0 Å². The van der Waals surface area contributed by atoms with Gasteiger partial charge in [0.1, 0.15) is 6.04 Å². The maximum atomic E-state index is 12.5. The zero-order valence-electron chi connectivity index (χ0n) is 12.9. The first-order chi connectivity index (χ1) is 9.99. The van der Waals surface area contributed by atoms with Gasteiger partial charge in [0.2, 0.25) is 5.91 Å². The van der Waals surface area contributed by atoms with E-state index in [1.165, 1.54) is 4.90 Å². The summed E-state index contributed by atoms with van der Waals surface area (Å²) in [6.07, 6.45) is 3.16. The molecule has 1 atom stereocenters. The van der Waals surface area contributed by atoms with Crippen molar-refractivity contribution in [2.24, 2.45) is 7.05 Å². The van der Waals surface area contributed by atoms with Gasteiger partial charge in [-0.25, -0.2) is 4.79 Å². The Balaban J connectivity index is 2.21. The third kappa shape index (κ3) is 2.94. The molecule has 1 aliphatic rings. The van der Waals surface area contributed by atoms with Crippen LogP contribution in [0, 0.1) is 0 Å². The Hall–Kier alpha value is -1.85. The van der Waals surface area contributed by atoms with Crippen LogP contribution in [0.25, 0.3) is 0 Å². The molecule has 0 aromatic carbocycles. The largest absolute Gasteiger partial charge is 0.480 e. The van der Waals surface area contributed by atoms with E-state index in [1.54, 1.807) is 0 Å². The van der Waals surface area contributed by atoms with Gasteiger partial charge in [0.05, 0.1) is 12.1 Å². The van der Waals surface area contributed by atoms with E-state index in [9.17, 15) is 14.7 Å². The molecule has 1 amide bonds. The van der Waals surface area contributed by atoms with Crippen molar-refractivity contribution in [2.45, 2.75) is 52.0 Å². The SMILES string of the molecule is CCc1nn(C)c(CC)c1CC(=O)N1CCC[C@@H]1C(=O)O. The van der Waals surface area contributed by atoms with Crippen LogP contribution >= 0.6 is 0 Å². The topological polar surface area (TPSA) is 75.4 Å². The average molecular weight is 293 g/mol. The number of nitrogens with zero attached hydrogens (tertiary/aromatic N) is 3. The molecule has 1 aliphatic heterocycles. The lowest BCUT2D eigenvalue weighted by Gasteiger charge is -2.21. The number of hydrogen-bond acceptors (Lipinski definition) is 3. The minimum absolute atomic E-state index is 0.0997. The van der Waals surface area contributed by atoms with Crippen molar-refractivity contribution >= 4 is 11.9 Å². The molecule has 0 unspecified atom stereocenters. The molecule has 1 aromatic rings. The first-order valence-corrected chi connectivity index (χ1v) is 7.55. The highest BCUT2D eigenvalue weighted by atomic mass is 16.4. The van der Waals surface area contributed by atoms with Crippen molar-refractivity contribution in [1.82, 2.24) is 14.7 Å². The van der Waals surface area contributed by atoms with E-state index in [2.05, 4.69) is 5.10 Å². The molecule has 116 valence electrons. The Bertz CT molecular complexity index is 551. The standard InChI is InChI=1S/C15H23N3O3/c1-4-11-10(12(5-2)17(3)16-11)9-14(19)18-8-6-7-13(18)15(20)21/h13H,4-9H2,1-3H3,(H,20,21)/t13-/m1/s1. The number of hydrogen-bond donors (Lipinski definition) is 1. The van der Waals surface area contributed by atoms with Crippen LogP contribution in [0.4, 0.5) is 0 Å². The molecule has 0 radical (unpaired) electrons. The maximum Gasteiger partial charge on any atom is 0.326 e. The van der Waals surface area contributed by atoms with E-state index in [-0.39, 0.29) is 12.3 Å². The number of aliphatic carboxylic acids is 1. The summed E-state index contributed by atoms with van der Waals surface area (Å²) in [6, 6.07) is -0.663. The molecule has 1 saturated heterocycles. The van der Waals surface area contributed by atoms with Crippen molar-refractivity contribution in [3.63, 3.8) is 0 Å². The third-order valence-corrected chi connectivity index (χ3v) is 4.21. The van der Waals surface area contributed by atoms with Crippen molar-refractivity contribution in [2.75, 3.05) is 6.54 Å². The number of carbonyl (C=O) groups excluding carboxylic acids is 1. The molecular formula is C15H23N3O3. The second-order valence-electron chi connectivity index (χ2n) is 5.46. The van der Waals surface area contributed by atoms with Gasteiger partial charge in [0.15, 0.2) is 0 Å². The Morgan fingerprint density at radius 3 is 2.62 bits per heavy atom. The highest BCUT2D eigenvalue weighted by molar-refractivity contribution is 5.85. The summed E-state index contributed by atoms with van der Waals surface area (Å²) in [5.41, 5.74) is 2.98. The molecule has 0 spiro atoms. The molecule has 1 fully saturated rings. The maximum absolute atomic E-state index is 12.5. The van der Waals surface area contributed by atoms with Crippen LogP contribution in [0.2, 0.25) is 0 Å². The number of likely N-dealkylation sites (tertiary alicyclic amines) is 1. The van der Waals surface area contributed by atoms with Crippen molar-refractivity contribution in [1.29, 1.82) is 0 Å². The molecule has 2 rings (SSSR count). The molecule has 0 bridgehead atoms. The van der Waals surface area contributed by atoms with Crippen LogP contribution in [0.3, 0.4) is 0 Å². The quantitative estimate of drug-likeness (QED) is 0.884. The van der Waals surface area contributed by atoms with E-state index in [0.29, 0.717) is 13.0 Å². The summed E-state index contributed by atoms with van der Waals surface area (Å²) in [5.74, 6) is -1.00. The van der Waals surface area contributed by atoms with E-state index >= 15 is 0 Å². The lowest BCUT2D eigenvalue weighted by molar-refractivity contribution is -0.148. The molecule has 1 aromatic heterocycles. The van der Waals surface area contributed by atoms with Gasteiger partial charge in [-0.05, 0) is 25.7 Å². The van der Waals surface area contributed by atoms with Gasteiger partial charge in [-0.15, -0.1) is 0 Å². The van der Waals surface area contributed by atoms with Gasteiger partial charge >= 0.3 is 5.97 Å². The van der Waals surface area contributed by atoms with E-state index < -0.39 is 12.0 Å². The van der Waals surface area contributed by atoms with Gasteiger partial charge < -0.3 is 10.0 Å². The monoisotopic (exact) mass is 293 g/mol. The summed E-state index contributed by atoms with van der Waals surface area (Å²) < 4.78 is 1.83. The van der Waals surface area contributed by atoms with E-state index in [0.717, 1.165) is 36.2 Å². The van der Waals surface area contributed by atoms with Crippen LogP contribution in [0.5, 0.6) is 0 Å². The fourth-order valence-electron chi connectivity index (χ4n) is 3.17. The fraction of sp³-hybridized carbons (Fsp3) is 0.667. The highest BCUT2D eigenvalue weighted by Gasteiger charge is 2.34. The van der Waals surface area contributed by atoms with Crippen LogP contribution < -0.4 is 0 Å². The lowest BCUT2D eigenvalue weighted by atomic mass is 10.0. The summed E-state index contributed by atoms with van der Waals surface area (Å²) >= 11 is 0. The second kappa shape index (κ2) is 6.28. The summed E-state index contributed by atoms with van der Waals surface area (Å²) in [4.78, 5) is 25.2. The summed E-state index contributed by atoms with van der Waals surface area (Å²) in [7, 11) is 1.89. The molecule has 1 N–H and O–H groups in total. The molecular weight excluding hydrogens is 270 g/mol. The first kappa shape index (κ1) is 15.5. The zero-order valence-corrected chi connectivity index (χ0v) is 12.9. The first-order valence-electron chi connectivity index (χ1n) is 7.55. The average Bonchev–Trinajstić information content (AvgIpc) is 3.03. The van der Waals surface area contributed by atoms with Gasteiger partial charge in [-0.2, -0.15) is 5.10 Å². The minimum atomic E-state index is -0.904. The number of aromatic nitrogens is 2. The molecule has 6 heteroatoms. The Morgan fingerprint density at radius 2 is 2.05 bits per heavy atom. The molecule has 0 saturated carbocycles. The van der Waals surface area contributed by atoms with Gasteiger partial charge in [-0.3, -0.25) is 9.48 Å². The number of carboxylic acids is 1. The fourth-order valence-corrected chi connectivity index (χ4v) is 3.17. The number of carbonyl (C=O) groups is 2. The number of carboxylic acid groups (broad SMARTS) is 1. The number of rotatable bonds is 5. The van der Waals surface area contributed by atoms with E-state index in [1.807, 2.05) is 25.6 Å². The molecule has 6 nitrogen and oxygen atoms in total. The van der Waals surface area contributed by atoms with Crippen molar-refractivity contribution in [3.8, 4) is 0 Å². The predicted molar refractivity (Wildman–Crippen MR) is 78.0 cm³/mol.